The van der Waals surface area contributed by atoms with Gasteiger partial charge in [-0.25, -0.2) is 0 Å². The zero-order valence-electron chi connectivity index (χ0n) is 25.1. The molecule has 0 saturated heterocycles. The average molecular weight is 994 g/mol. The molecule has 20 heteroatoms. The van der Waals surface area contributed by atoms with Gasteiger partial charge in [-0.1, -0.05) is 0 Å². The van der Waals surface area contributed by atoms with E-state index in [9.17, 15) is 0 Å². The van der Waals surface area contributed by atoms with Crippen molar-refractivity contribution in [1.82, 2.24) is 0 Å². The maximum atomic E-state index is 5.29. The van der Waals surface area contributed by atoms with Crippen molar-refractivity contribution in [3.8, 4) is 0 Å². The number of thiol groups is 12. The Hall–Kier alpha value is 7.00. The highest BCUT2D eigenvalue weighted by molar-refractivity contribution is 8.25. The van der Waals surface area contributed by atoms with E-state index in [1.165, 1.54) is 0 Å². The molecule has 0 N–H and O–H groups in total. The van der Waals surface area contributed by atoms with E-state index in [0.717, 1.165) is 92.0 Å². The molecule has 0 aromatic rings. The Bertz CT molecular complexity index is 531. The molecule has 0 aliphatic heterocycles. The molecule has 0 bridgehead atoms. The fraction of sp³-hybridized carbons (Fsp3) is 1.00. The molecule has 4 unspecified atom stereocenters. The normalized spacial score (nSPS) is 16.5. The molecule has 272 valence electrons. The second-order valence-electron chi connectivity index (χ2n) is 9.96. The van der Waals surface area contributed by atoms with Crippen LogP contribution in [-0.2, 0) is 0 Å². The second kappa shape index (κ2) is 34.3. The molecule has 0 saturated carbocycles. The zero-order chi connectivity index (χ0) is 34.1. The zero-order valence-corrected chi connectivity index (χ0v) is 42.3. The van der Waals surface area contributed by atoms with Gasteiger partial charge in [-0.3, -0.25) is 0 Å². The first kappa shape index (κ1) is 52.0. The van der Waals surface area contributed by atoms with E-state index in [1.54, 1.807) is 0 Å². The van der Waals surface area contributed by atoms with E-state index < -0.39 is 0 Å². The maximum Gasteiger partial charge on any atom is 0.0529 e. The summed E-state index contributed by atoms with van der Waals surface area (Å²) in [6.07, 6.45) is 7.99. The van der Waals surface area contributed by atoms with Crippen molar-refractivity contribution in [2.75, 3.05) is 40.7 Å². The van der Waals surface area contributed by atoms with Crippen molar-refractivity contribution in [3.05, 3.63) is 0 Å². The predicted molar refractivity (Wildman–Crippen MR) is 277 cm³/mol. The molecule has 0 aliphatic carbocycles. The molecule has 0 radical (unpaired) electrons. The Balaban J connectivity index is 6.50. The molecule has 0 amide bonds. The molecule has 45 heavy (non-hydrogen) atoms. The summed E-state index contributed by atoms with van der Waals surface area (Å²) >= 11 is 72.4. The van der Waals surface area contributed by atoms with Crippen LogP contribution < -0.4 is 0 Å². The summed E-state index contributed by atoms with van der Waals surface area (Å²) in [6, 6.07) is 0. The van der Waals surface area contributed by atoms with Gasteiger partial charge in [0, 0.05) is 61.7 Å². The average Bonchev–Trinajstić information content (AvgIpc) is 2.93. The summed E-state index contributed by atoms with van der Waals surface area (Å²) < 4.78 is 1.66. The molecular formula is C25H52S20. The number of thioether (sulfide) groups is 8. The predicted octanol–water partition coefficient (Wildman–Crippen LogP) is 12.6. The van der Waals surface area contributed by atoms with E-state index in [-0.39, 0.29) is 26.4 Å². The lowest BCUT2D eigenvalue weighted by Crippen LogP contribution is -2.35. The summed E-state index contributed by atoms with van der Waals surface area (Å²) in [5.74, 6) is 0. The van der Waals surface area contributed by atoms with Crippen LogP contribution in [0, 0.1) is 5.41 Å². The van der Waals surface area contributed by atoms with Crippen LogP contribution in [0.2, 0.25) is 0 Å². The van der Waals surface area contributed by atoms with Crippen molar-refractivity contribution in [2.24, 2.45) is 5.41 Å². The van der Waals surface area contributed by atoms with Gasteiger partial charge in [-0.2, -0.15) is 152 Å². The van der Waals surface area contributed by atoms with E-state index in [4.69, 9.17) is 50.5 Å². The van der Waals surface area contributed by atoms with Crippen molar-refractivity contribution in [1.29, 1.82) is 0 Å². The van der Waals surface area contributed by atoms with Crippen LogP contribution in [0.5, 0.6) is 0 Å². The maximum absolute atomic E-state index is 5.29. The van der Waals surface area contributed by atoms with Crippen molar-refractivity contribution < 1.29 is 0 Å². The third kappa shape index (κ3) is 27.3. The van der Waals surface area contributed by atoms with E-state index in [0.29, 0.717) is 18.3 Å². The van der Waals surface area contributed by atoms with Crippen LogP contribution in [0.1, 0.15) is 51.4 Å². The molecule has 0 fully saturated rings. The Kier molecular flexibility index (Phi) is 39.6. The lowest BCUT2D eigenvalue weighted by molar-refractivity contribution is 0.189. The SMILES string of the molecule is SCSC(CC(S)CC(CC(S)CC(SCS)SCS)(CC(S)CC(SCS)SCS)CC(S)CC(SCS)SCS)SCS. The third-order valence-electron chi connectivity index (χ3n) is 6.62. The fourth-order valence-corrected chi connectivity index (χ4v) is 22.8. The van der Waals surface area contributed by atoms with Crippen LogP contribution in [0.4, 0.5) is 0 Å². The quantitative estimate of drug-likeness (QED) is 0.0235. The van der Waals surface area contributed by atoms with Crippen LogP contribution in [-0.4, -0.2) is 80.0 Å². The van der Waals surface area contributed by atoms with Crippen LogP contribution >= 0.6 is 246 Å². The van der Waals surface area contributed by atoms with Gasteiger partial charge in [0.05, 0.1) is 18.3 Å². The standard InChI is InChI=1S/C25H52S20/c26-9-38-21(39-10-27)1-17(34)5-25(6-18(35)2-22(40-11-28)41-12-29,7-19(36)3-23(42-13-30)43-14-31)8-20(37)4-24(44-15-32)45-16-33/h17-24,26-37H,1-16H2. The minimum atomic E-state index is -0.0229. The van der Waals surface area contributed by atoms with Gasteiger partial charge >= 0.3 is 0 Å². The van der Waals surface area contributed by atoms with Crippen molar-refractivity contribution in [3.63, 3.8) is 0 Å². The van der Waals surface area contributed by atoms with Crippen molar-refractivity contribution in [2.45, 2.75) is 90.7 Å². The highest BCUT2D eigenvalue weighted by atomic mass is 32.3. The first-order chi connectivity index (χ1) is 21.5. The monoisotopic (exact) mass is 992 g/mol. The number of rotatable bonds is 32. The first-order valence-corrected chi connectivity index (χ1v) is 29.6. The molecule has 0 aliphatic rings. The van der Waals surface area contributed by atoms with Gasteiger partial charge in [0.25, 0.3) is 0 Å². The largest absolute Gasteiger partial charge is 0.176 e. The minimum Gasteiger partial charge on any atom is -0.176 e. The minimum absolute atomic E-state index is 0.0229. The van der Waals surface area contributed by atoms with E-state index in [2.05, 4.69) is 101 Å². The molecular weight excluding hydrogens is 942 g/mol. The highest BCUT2D eigenvalue weighted by Gasteiger charge is 2.39. The van der Waals surface area contributed by atoms with E-state index >= 15 is 0 Å². The summed E-state index contributed by atoms with van der Waals surface area (Å²) in [6.45, 7) is 0. The Morgan fingerprint density at radius 3 is 0.600 bits per heavy atom. The summed E-state index contributed by atoms with van der Waals surface area (Å²) in [5.41, 5.74) is -0.0229. The van der Waals surface area contributed by atoms with Gasteiger partial charge in [0.15, 0.2) is 0 Å². The molecule has 0 rings (SSSR count). The molecule has 0 aromatic heterocycles. The van der Waals surface area contributed by atoms with E-state index in [1.807, 2.05) is 94.1 Å². The summed E-state index contributed by atoms with van der Waals surface area (Å²) in [7, 11) is 0. The molecule has 0 aromatic carbocycles. The Morgan fingerprint density at radius 2 is 0.467 bits per heavy atom. The van der Waals surface area contributed by atoms with Gasteiger partial charge in [-0.15, -0.1) is 94.1 Å². The smallest absolute Gasteiger partial charge is 0.0529 e. The molecule has 0 heterocycles. The lowest BCUT2D eigenvalue weighted by Gasteiger charge is -2.42. The topological polar surface area (TPSA) is 0 Å². The fourth-order valence-electron chi connectivity index (χ4n) is 5.12. The Morgan fingerprint density at radius 1 is 0.311 bits per heavy atom. The van der Waals surface area contributed by atoms with Crippen LogP contribution in [0.15, 0.2) is 0 Å². The van der Waals surface area contributed by atoms with Gasteiger partial charge < -0.3 is 0 Å². The number of hydrogen-bond acceptors (Lipinski definition) is 20. The van der Waals surface area contributed by atoms with Gasteiger partial charge in [-0.05, 0) is 56.8 Å². The van der Waals surface area contributed by atoms with Crippen LogP contribution in [0.3, 0.4) is 0 Å². The lowest BCUT2D eigenvalue weighted by atomic mass is 9.70. The van der Waals surface area contributed by atoms with Gasteiger partial charge in [0.2, 0.25) is 0 Å². The van der Waals surface area contributed by atoms with Crippen molar-refractivity contribution >= 4 is 246 Å². The molecule has 0 spiro atoms. The highest BCUT2D eigenvalue weighted by Crippen LogP contribution is 2.49. The second-order valence-corrected chi connectivity index (χ2v) is 29.6. The Labute approximate surface area is 376 Å². The third-order valence-corrected chi connectivity index (χ3v) is 20.7. The first-order valence-electron chi connectivity index (χ1n) is 14.1. The summed E-state index contributed by atoms with van der Waals surface area (Å²) in [4.78, 5) is 0. The number of hydrogen-bond donors (Lipinski definition) is 12. The molecule has 0 nitrogen and oxygen atoms in total. The van der Waals surface area contributed by atoms with Gasteiger partial charge in [0.1, 0.15) is 0 Å². The summed E-state index contributed by atoms with van der Waals surface area (Å²) in [5, 5.41) is 7.26. The molecule has 4 atom stereocenters. The van der Waals surface area contributed by atoms with Crippen LogP contribution in [0.25, 0.3) is 0 Å².